The number of rotatable bonds is 0. The minimum atomic E-state index is -1.08. The average molecular weight is 207 g/mol. The van der Waals surface area contributed by atoms with Crippen molar-refractivity contribution in [3.8, 4) is 0 Å². The minimum absolute atomic E-state index is 0. The quantitative estimate of drug-likeness (QED) is 0.539. The molecule has 5 heteroatoms. The van der Waals surface area contributed by atoms with Gasteiger partial charge in [0, 0.05) is 32.7 Å². The Balaban J connectivity index is -0.0000000720. The topological polar surface area (TPSA) is 74.6 Å². The molecule has 0 spiro atoms. The summed E-state index contributed by atoms with van der Waals surface area (Å²) in [6.07, 6.45) is 0. The summed E-state index contributed by atoms with van der Waals surface area (Å²) in [6.45, 7) is 5.11. The van der Waals surface area contributed by atoms with Gasteiger partial charge in [-0.3, -0.25) is 23.4 Å². The molecule has 51 valence electrons. The number of hydrogen-bond acceptors (Lipinski definition) is 2. The Kier molecular flexibility index (Phi) is 18.9. The molecule has 0 aliphatic heterocycles. The molecule has 0 aliphatic rings. The van der Waals surface area contributed by atoms with Gasteiger partial charge in [-0.25, -0.2) is 0 Å². The summed E-state index contributed by atoms with van der Waals surface area (Å²) >= 11 is 0. The Morgan fingerprint density at radius 3 is 1.00 bits per heavy atom. The molecular formula is C4H6O4Y-2. The zero-order valence-electron chi connectivity index (χ0n) is 4.70. The third-order valence-corrected chi connectivity index (χ3v) is 0. The number of hydrogen-bond donors (Lipinski definition) is 2. The van der Waals surface area contributed by atoms with E-state index in [2.05, 4.69) is 13.8 Å². The summed E-state index contributed by atoms with van der Waals surface area (Å²) in [7, 11) is 0. The largest absolute Gasteiger partial charge is 0.503 e. The molecule has 0 bridgehead atoms. The van der Waals surface area contributed by atoms with Crippen LogP contribution in [0, 0.1) is 13.8 Å². The maximum Gasteiger partial charge on any atom is 0.161 e. The number of carbonyl (C=O) groups is 2. The van der Waals surface area contributed by atoms with Gasteiger partial charge >= 0.3 is 0 Å². The van der Waals surface area contributed by atoms with Gasteiger partial charge in [0.1, 0.15) is 0 Å². The van der Waals surface area contributed by atoms with Gasteiger partial charge in [0.2, 0.25) is 0 Å². The van der Waals surface area contributed by atoms with Gasteiger partial charge in [0.25, 0.3) is 0 Å². The molecule has 0 aliphatic carbocycles. The molecule has 0 saturated carbocycles. The van der Waals surface area contributed by atoms with Crippen molar-refractivity contribution >= 4 is 11.9 Å². The molecule has 4 nitrogen and oxygen atoms in total. The summed E-state index contributed by atoms with van der Waals surface area (Å²) in [6, 6.07) is 0. The first-order valence-electron chi connectivity index (χ1n) is 1.56. The summed E-state index contributed by atoms with van der Waals surface area (Å²) in [5, 5.41) is 14.6. The molecule has 0 aromatic rings. The van der Waals surface area contributed by atoms with Crippen LogP contribution in [-0.2, 0) is 42.3 Å². The van der Waals surface area contributed by atoms with Crippen molar-refractivity contribution in [1.29, 1.82) is 0 Å². The second kappa shape index (κ2) is 10.7. The van der Waals surface area contributed by atoms with Crippen molar-refractivity contribution in [2.45, 2.75) is 0 Å². The molecule has 0 aromatic heterocycles. The molecule has 0 unspecified atom stereocenters. The average Bonchev–Trinajstić information content (AvgIpc) is 1.25. The van der Waals surface area contributed by atoms with E-state index in [4.69, 9.17) is 19.8 Å². The van der Waals surface area contributed by atoms with Gasteiger partial charge in [-0.15, -0.1) is 0 Å². The van der Waals surface area contributed by atoms with Crippen LogP contribution >= 0.6 is 0 Å². The monoisotopic (exact) mass is 207 g/mol. The molecule has 2 N–H and O–H groups in total. The molecule has 0 aromatic carbocycles. The fourth-order valence-electron chi connectivity index (χ4n) is 0. The summed E-state index contributed by atoms with van der Waals surface area (Å²) in [5.74, 6) is -2.17. The van der Waals surface area contributed by atoms with Gasteiger partial charge in [-0.05, 0) is 0 Å². The van der Waals surface area contributed by atoms with Gasteiger partial charge in [-0.2, -0.15) is 0 Å². The molecule has 0 heterocycles. The van der Waals surface area contributed by atoms with E-state index in [9.17, 15) is 0 Å². The van der Waals surface area contributed by atoms with Crippen LogP contribution in [0.4, 0.5) is 0 Å². The van der Waals surface area contributed by atoms with E-state index in [0.29, 0.717) is 0 Å². The third-order valence-electron chi connectivity index (χ3n) is 0. The van der Waals surface area contributed by atoms with E-state index in [1.165, 1.54) is 0 Å². The van der Waals surface area contributed by atoms with E-state index in [-0.39, 0.29) is 32.7 Å². The zero-order valence-corrected chi connectivity index (χ0v) is 7.54. The van der Waals surface area contributed by atoms with Crippen LogP contribution in [0.25, 0.3) is 0 Å². The first-order valence-corrected chi connectivity index (χ1v) is 1.56. The molecule has 0 atom stereocenters. The van der Waals surface area contributed by atoms with Crippen molar-refractivity contribution in [2.24, 2.45) is 0 Å². The molecule has 9 heavy (non-hydrogen) atoms. The van der Waals surface area contributed by atoms with Crippen LogP contribution < -0.4 is 0 Å². The Morgan fingerprint density at radius 2 is 1.00 bits per heavy atom. The molecular weight excluding hydrogens is 201 g/mol. The molecule has 1 radical (unpaired) electrons. The van der Waals surface area contributed by atoms with Crippen LogP contribution in [0.1, 0.15) is 0 Å². The predicted molar refractivity (Wildman–Crippen MR) is 26.0 cm³/mol. The van der Waals surface area contributed by atoms with E-state index < -0.39 is 11.9 Å². The van der Waals surface area contributed by atoms with Crippen LogP contribution in [0.3, 0.4) is 0 Å². The Hall–Kier alpha value is -0.216. The van der Waals surface area contributed by atoms with Gasteiger partial charge in [0.15, 0.2) is 11.9 Å². The Morgan fingerprint density at radius 1 is 1.00 bits per heavy atom. The molecule has 0 saturated heterocycles. The smallest absolute Gasteiger partial charge is 0.161 e. The Bertz CT molecular complexity index is 70.6. The van der Waals surface area contributed by atoms with Crippen LogP contribution in [0.2, 0.25) is 0 Å². The zero-order chi connectivity index (χ0) is 7.15. The SMILES string of the molecule is [CH2-]C(=O)O.[CH2-]C(=O)O.[Y]. The summed E-state index contributed by atoms with van der Waals surface area (Å²) in [5.41, 5.74) is 0. The van der Waals surface area contributed by atoms with E-state index in [0.717, 1.165) is 0 Å². The van der Waals surface area contributed by atoms with Gasteiger partial charge in [-0.1, -0.05) is 0 Å². The van der Waals surface area contributed by atoms with Gasteiger partial charge < -0.3 is 10.2 Å². The standard InChI is InChI=1S/2C2H3O2.Y/c2*1-2(3)4;/h2*1H2,(H,3,4);/q2*-1;. The summed E-state index contributed by atoms with van der Waals surface area (Å²) in [4.78, 5) is 17.8. The van der Waals surface area contributed by atoms with Crippen molar-refractivity contribution < 1.29 is 52.5 Å². The first-order chi connectivity index (χ1) is 3.46. The third kappa shape index (κ3) is 5580. The van der Waals surface area contributed by atoms with Crippen molar-refractivity contribution in [3.63, 3.8) is 0 Å². The Labute approximate surface area is 78.1 Å². The van der Waals surface area contributed by atoms with Crippen LogP contribution in [-0.4, -0.2) is 22.2 Å². The molecule has 0 rings (SSSR count). The van der Waals surface area contributed by atoms with Crippen LogP contribution in [0.15, 0.2) is 0 Å². The number of aliphatic carboxylic acids is 2. The maximum absolute atomic E-state index is 8.89. The minimum Gasteiger partial charge on any atom is -0.503 e. The summed E-state index contributed by atoms with van der Waals surface area (Å²) < 4.78 is 0. The second-order valence-electron chi connectivity index (χ2n) is 0.787. The van der Waals surface area contributed by atoms with Crippen molar-refractivity contribution in [2.75, 3.05) is 0 Å². The fraction of sp³-hybridized carbons (Fsp3) is 0. The predicted octanol–water partition coefficient (Wildman–Crippen LogP) is -0.192. The van der Waals surface area contributed by atoms with E-state index in [1.54, 1.807) is 0 Å². The number of carboxylic acids is 2. The molecule has 0 fully saturated rings. The first kappa shape index (κ1) is 15.9. The van der Waals surface area contributed by atoms with Gasteiger partial charge in [0.05, 0.1) is 0 Å². The van der Waals surface area contributed by atoms with E-state index in [1.807, 2.05) is 0 Å². The fourth-order valence-corrected chi connectivity index (χ4v) is 0. The second-order valence-corrected chi connectivity index (χ2v) is 0.787. The molecule has 0 amide bonds. The van der Waals surface area contributed by atoms with Crippen molar-refractivity contribution in [1.82, 2.24) is 0 Å². The maximum atomic E-state index is 8.89. The normalized spacial score (nSPS) is 5.33. The van der Waals surface area contributed by atoms with E-state index >= 15 is 0 Å². The number of carboxylic acid groups (broad SMARTS) is 2. The van der Waals surface area contributed by atoms with Crippen LogP contribution in [0.5, 0.6) is 0 Å². The van der Waals surface area contributed by atoms with Crippen molar-refractivity contribution in [3.05, 3.63) is 13.8 Å².